The van der Waals surface area contributed by atoms with E-state index in [1.807, 2.05) is 6.08 Å². The first-order chi connectivity index (χ1) is 5.41. The van der Waals surface area contributed by atoms with E-state index in [9.17, 15) is 0 Å². The Morgan fingerprint density at radius 2 is 2.08 bits per heavy atom. The molecule has 0 saturated heterocycles. The lowest BCUT2D eigenvalue weighted by atomic mass is 9.95. The van der Waals surface area contributed by atoms with Gasteiger partial charge in [-0.1, -0.05) is 12.2 Å². The summed E-state index contributed by atoms with van der Waals surface area (Å²) in [6.07, 6.45) is 3.06. The first-order valence-electron chi connectivity index (χ1n) is 4.11. The Balaban J connectivity index is 2.84. The van der Waals surface area contributed by atoms with Gasteiger partial charge in [0.05, 0.1) is 0 Å². The first-order valence-corrected chi connectivity index (χ1v) is 4.51. The Kier molecular flexibility index (Phi) is 2.42. The summed E-state index contributed by atoms with van der Waals surface area (Å²) in [4.78, 5) is 2.96. The van der Waals surface area contributed by atoms with Crippen LogP contribution in [0.4, 0.5) is 0 Å². The third-order valence-electron chi connectivity index (χ3n) is 1.96. The molecule has 0 bridgehead atoms. The third kappa shape index (κ3) is 2.21. The molecule has 0 saturated carbocycles. The van der Waals surface area contributed by atoms with Gasteiger partial charge in [-0.05, 0) is 19.9 Å². The summed E-state index contributed by atoms with van der Waals surface area (Å²) in [5.74, 6) is 0. The second kappa shape index (κ2) is 3.05. The maximum absolute atomic E-state index is 5.14. The van der Waals surface area contributed by atoms with Crippen molar-refractivity contribution in [2.45, 2.75) is 25.8 Å². The highest BCUT2D eigenvalue weighted by molar-refractivity contribution is 7.80. The standard InChI is InChI=1S/C9H16N2S/c1-9(2)6-7(11(3)4)5-8(12)10-9/h5H,6H2,1-4H3,(H,10,12). The molecule has 0 unspecified atom stereocenters. The maximum atomic E-state index is 5.14. The molecular formula is C9H16N2S. The fraction of sp³-hybridized carbons (Fsp3) is 0.667. The largest absolute Gasteiger partial charge is 0.381 e. The minimum Gasteiger partial charge on any atom is -0.381 e. The maximum Gasteiger partial charge on any atom is 0.101 e. The van der Waals surface area contributed by atoms with Gasteiger partial charge in [-0.15, -0.1) is 0 Å². The first kappa shape index (κ1) is 9.52. The number of hydrogen-bond donors (Lipinski definition) is 1. The normalized spacial score (nSPS) is 21.3. The molecule has 0 aromatic carbocycles. The molecule has 1 N–H and O–H groups in total. The molecule has 68 valence electrons. The van der Waals surface area contributed by atoms with E-state index in [0.717, 1.165) is 11.4 Å². The van der Waals surface area contributed by atoms with Crippen molar-refractivity contribution in [1.82, 2.24) is 10.2 Å². The fourth-order valence-electron chi connectivity index (χ4n) is 1.36. The van der Waals surface area contributed by atoms with Crippen LogP contribution in [0.15, 0.2) is 11.8 Å². The predicted molar refractivity (Wildman–Crippen MR) is 56.2 cm³/mol. The van der Waals surface area contributed by atoms with E-state index in [0.29, 0.717) is 0 Å². The number of hydrogen-bond acceptors (Lipinski definition) is 2. The lowest BCUT2D eigenvalue weighted by Gasteiger charge is -2.34. The Morgan fingerprint density at radius 1 is 1.50 bits per heavy atom. The van der Waals surface area contributed by atoms with Crippen molar-refractivity contribution in [2.24, 2.45) is 0 Å². The molecule has 1 aliphatic rings. The number of nitrogens with one attached hydrogen (secondary N) is 1. The van der Waals surface area contributed by atoms with Crippen molar-refractivity contribution in [1.29, 1.82) is 0 Å². The molecule has 1 rings (SSSR count). The van der Waals surface area contributed by atoms with Crippen molar-refractivity contribution in [3.8, 4) is 0 Å². The van der Waals surface area contributed by atoms with Crippen molar-refractivity contribution >= 4 is 17.2 Å². The summed E-state index contributed by atoms with van der Waals surface area (Å²) >= 11 is 5.14. The summed E-state index contributed by atoms with van der Waals surface area (Å²) in [5, 5.41) is 3.27. The lowest BCUT2D eigenvalue weighted by molar-refractivity contribution is 0.382. The van der Waals surface area contributed by atoms with Gasteiger partial charge in [0.25, 0.3) is 0 Å². The molecule has 2 nitrogen and oxygen atoms in total. The molecule has 0 spiro atoms. The fourth-order valence-corrected chi connectivity index (χ4v) is 1.77. The van der Waals surface area contributed by atoms with Crippen LogP contribution in [0.2, 0.25) is 0 Å². The molecule has 0 radical (unpaired) electrons. The predicted octanol–water partition coefficient (Wildman–Crippen LogP) is 1.53. The second-order valence-corrected chi connectivity index (χ2v) is 4.52. The SMILES string of the molecule is CN(C)C1=CC(=S)NC(C)(C)C1. The van der Waals surface area contributed by atoms with Gasteiger partial charge < -0.3 is 10.2 Å². The van der Waals surface area contributed by atoms with E-state index in [4.69, 9.17) is 12.2 Å². The molecule has 1 heterocycles. The van der Waals surface area contributed by atoms with Crippen LogP contribution in [0.5, 0.6) is 0 Å². The molecule has 0 atom stereocenters. The van der Waals surface area contributed by atoms with E-state index in [-0.39, 0.29) is 5.54 Å². The van der Waals surface area contributed by atoms with Crippen LogP contribution in [0.1, 0.15) is 20.3 Å². The van der Waals surface area contributed by atoms with Gasteiger partial charge in [-0.3, -0.25) is 0 Å². The van der Waals surface area contributed by atoms with Crippen LogP contribution in [-0.4, -0.2) is 29.5 Å². The quantitative estimate of drug-likeness (QED) is 0.622. The zero-order chi connectivity index (χ0) is 9.35. The van der Waals surface area contributed by atoms with E-state index >= 15 is 0 Å². The van der Waals surface area contributed by atoms with Gasteiger partial charge in [0.1, 0.15) is 4.99 Å². The van der Waals surface area contributed by atoms with Crippen LogP contribution in [-0.2, 0) is 0 Å². The molecule has 0 amide bonds. The number of nitrogens with zero attached hydrogens (tertiary/aromatic N) is 1. The number of rotatable bonds is 1. The topological polar surface area (TPSA) is 15.3 Å². The molecule has 0 aliphatic carbocycles. The summed E-state index contributed by atoms with van der Waals surface area (Å²) in [5.41, 5.74) is 1.40. The van der Waals surface area contributed by atoms with Crippen LogP contribution < -0.4 is 5.32 Å². The second-order valence-electron chi connectivity index (χ2n) is 4.08. The zero-order valence-corrected chi connectivity index (χ0v) is 8.96. The van der Waals surface area contributed by atoms with Gasteiger partial charge in [0, 0.05) is 31.8 Å². The van der Waals surface area contributed by atoms with E-state index in [1.54, 1.807) is 0 Å². The van der Waals surface area contributed by atoms with Crippen LogP contribution in [0, 0.1) is 0 Å². The zero-order valence-electron chi connectivity index (χ0n) is 8.14. The highest BCUT2D eigenvalue weighted by Crippen LogP contribution is 2.21. The summed E-state index contributed by atoms with van der Waals surface area (Å²) in [7, 11) is 4.10. The molecule has 1 aliphatic heterocycles. The molecule has 0 aromatic rings. The van der Waals surface area contributed by atoms with Crippen LogP contribution in [0.3, 0.4) is 0 Å². The smallest absolute Gasteiger partial charge is 0.101 e. The number of thiocarbonyl (C=S) groups is 1. The van der Waals surface area contributed by atoms with Crippen LogP contribution >= 0.6 is 12.2 Å². The Bertz CT molecular complexity index is 229. The van der Waals surface area contributed by atoms with Crippen molar-refractivity contribution < 1.29 is 0 Å². The average molecular weight is 184 g/mol. The summed E-state index contributed by atoms with van der Waals surface area (Å²) in [6, 6.07) is 0. The van der Waals surface area contributed by atoms with Crippen molar-refractivity contribution in [3.63, 3.8) is 0 Å². The van der Waals surface area contributed by atoms with Crippen molar-refractivity contribution in [3.05, 3.63) is 11.8 Å². The molecular weight excluding hydrogens is 168 g/mol. The molecule has 3 heteroatoms. The van der Waals surface area contributed by atoms with Gasteiger partial charge >= 0.3 is 0 Å². The Labute approximate surface area is 79.6 Å². The van der Waals surface area contributed by atoms with E-state index in [2.05, 4.69) is 38.2 Å². The molecule has 0 fully saturated rings. The summed E-state index contributed by atoms with van der Waals surface area (Å²) < 4.78 is 0. The van der Waals surface area contributed by atoms with Gasteiger partial charge in [-0.25, -0.2) is 0 Å². The van der Waals surface area contributed by atoms with Gasteiger partial charge in [0.15, 0.2) is 0 Å². The highest BCUT2D eigenvalue weighted by Gasteiger charge is 2.24. The minimum absolute atomic E-state index is 0.103. The Morgan fingerprint density at radius 3 is 2.50 bits per heavy atom. The minimum atomic E-state index is 0.103. The summed E-state index contributed by atoms with van der Waals surface area (Å²) in [6.45, 7) is 4.32. The molecule has 0 aromatic heterocycles. The molecule has 12 heavy (non-hydrogen) atoms. The van der Waals surface area contributed by atoms with E-state index in [1.165, 1.54) is 5.70 Å². The van der Waals surface area contributed by atoms with Gasteiger partial charge in [0.2, 0.25) is 0 Å². The Hall–Kier alpha value is -0.570. The van der Waals surface area contributed by atoms with Crippen molar-refractivity contribution in [2.75, 3.05) is 14.1 Å². The highest BCUT2D eigenvalue weighted by atomic mass is 32.1. The average Bonchev–Trinajstić information content (AvgIpc) is 1.82. The van der Waals surface area contributed by atoms with E-state index < -0.39 is 0 Å². The lowest BCUT2D eigenvalue weighted by Crippen LogP contribution is -2.46. The monoisotopic (exact) mass is 184 g/mol. The third-order valence-corrected chi connectivity index (χ3v) is 2.18. The van der Waals surface area contributed by atoms with Gasteiger partial charge in [-0.2, -0.15) is 0 Å². The van der Waals surface area contributed by atoms with Crippen LogP contribution in [0.25, 0.3) is 0 Å².